The van der Waals surface area contributed by atoms with Crippen molar-refractivity contribution >= 4 is 11.4 Å². The molecule has 0 aromatic heterocycles. The molecule has 1 aromatic carbocycles. The van der Waals surface area contributed by atoms with Crippen LogP contribution in [-0.4, -0.2) is 29.3 Å². The van der Waals surface area contributed by atoms with E-state index in [4.69, 9.17) is 5.10 Å². The summed E-state index contributed by atoms with van der Waals surface area (Å²) in [5.74, 6) is 2.11. The molecule has 0 spiro atoms. The number of anilines is 1. The fourth-order valence-corrected chi connectivity index (χ4v) is 8.89. The number of aliphatic hydroxyl groups excluding tert-OH is 1. The van der Waals surface area contributed by atoms with Gasteiger partial charge < -0.3 is 9.84 Å². The monoisotopic (exact) mass is 488 g/mol. The van der Waals surface area contributed by atoms with Gasteiger partial charge in [-0.1, -0.05) is 25.5 Å². The maximum absolute atomic E-state index is 12.5. The van der Waals surface area contributed by atoms with Crippen molar-refractivity contribution in [3.05, 3.63) is 35.9 Å². The van der Waals surface area contributed by atoms with Crippen molar-refractivity contribution in [3.8, 4) is 5.75 Å². The first-order valence-corrected chi connectivity index (χ1v) is 13.1. The van der Waals surface area contributed by atoms with Crippen LogP contribution in [0, 0.1) is 34.5 Å². The van der Waals surface area contributed by atoms with Crippen molar-refractivity contribution in [3.63, 3.8) is 0 Å². The lowest BCUT2D eigenvalue weighted by atomic mass is 9.47. The first-order chi connectivity index (χ1) is 16.5. The minimum absolute atomic E-state index is 0.168. The highest BCUT2D eigenvalue weighted by Crippen LogP contribution is 2.67. The van der Waals surface area contributed by atoms with Crippen molar-refractivity contribution in [1.82, 2.24) is 0 Å². The van der Waals surface area contributed by atoms with E-state index in [1.54, 1.807) is 12.1 Å². The summed E-state index contributed by atoms with van der Waals surface area (Å²) in [4.78, 5) is 0. The van der Waals surface area contributed by atoms with Gasteiger partial charge in [0.1, 0.15) is 5.75 Å². The molecule has 190 valence electrons. The van der Waals surface area contributed by atoms with Gasteiger partial charge in [0.15, 0.2) is 0 Å². The van der Waals surface area contributed by atoms with Gasteiger partial charge in [-0.25, -0.2) is 0 Å². The predicted octanol–water partition coefficient (Wildman–Crippen LogP) is 6.70. The maximum atomic E-state index is 12.5. The van der Waals surface area contributed by atoms with Crippen LogP contribution in [0.1, 0.15) is 65.7 Å². The number of aliphatic hydroxyl groups is 1. The number of hydrazone groups is 1. The molecule has 0 unspecified atom stereocenters. The van der Waals surface area contributed by atoms with Crippen molar-refractivity contribution in [2.75, 3.05) is 5.01 Å². The van der Waals surface area contributed by atoms with Crippen LogP contribution in [0.25, 0.3) is 0 Å². The summed E-state index contributed by atoms with van der Waals surface area (Å²) in [6.45, 7) is 7.13. The van der Waals surface area contributed by atoms with E-state index in [1.807, 2.05) is 5.01 Å². The number of hydrogen-bond acceptors (Lipinski definition) is 4. The van der Waals surface area contributed by atoms with Crippen LogP contribution >= 0.6 is 0 Å². The fraction of sp³-hybridized carbons (Fsp3) is 0.679. The summed E-state index contributed by atoms with van der Waals surface area (Å²) in [6.07, 6.45) is 4.97. The zero-order valence-electron chi connectivity index (χ0n) is 20.7. The van der Waals surface area contributed by atoms with Gasteiger partial charge >= 0.3 is 6.36 Å². The van der Waals surface area contributed by atoms with Gasteiger partial charge in [-0.3, -0.25) is 5.01 Å². The van der Waals surface area contributed by atoms with Crippen molar-refractivity contribution < 1.29 is 23.0 Å². The molecular weight excluding hydrogens is 453 g/mol. The van der Waals surface area contributed by atoms with Crippen molar-refractivity contribution in [2.24, 2.45) is 39.6 Å². The van der Waals surface area contributed by atoms with E-state index in [0.29, 0.717) is 23.7 Å². The molecule has 0 bridgehead atoms. The largest absolute Gasteiger partial charge is 0.573 e. The standard InChI is InChI=1S/C28H35F3N2O2/c1-16-25-24(32-33(16)18-5-7-20(8-6-18)35-28(29,30)31)15-23-21-9-4-17-14-19(34)10-12-26(17,2)22(21)11-13-27(23,25)3/h4-8,16,19,21-23,25,34H,9-15H2,1-3H3/t16-,19-,21+,22-,23-,25-,26-,27-/m0/s1. The fourth-order valence-electron chi connectivity index (χ4n) is 8.89. The highest BCUT2D eigenvalue weighted by atomic mass is 19.4. The summed E-state index contributed by atoms with van der Waals surface area (Å²) in [6, 6.07) is 6.25. The van der Waals surface area contributed by atoms with Crippen LogP contribution in [0.3, 0.4) is 0 Å². The summed E-state index contributed by atoms with van der Waals surface area (Å²) in [7, 11) is 0. The summed E-state index contributed by atoms with van der Waals surface area (Å²) in [5.41, 5.74) is 3.97. The van der Waals surface area contributed by atoms with Crippen LogP contribution in [0.15, 0.2) is 41.0 Å². The first kappa shape index (κ1) is 23.4. The van der Waals surface area contributed by atoms with E-state index in [0.717, 1.165) is 37.8 Å². The van der Waals surface area contributed by atoms with E-state index >= 15 is 0 Å². The Morgan fingerprint density at radius 3 is 2.51 bits per heavy atom. The Kier molecular flexibility index (Phi) is 5.17. The highest BCUT2D eigenvalue weighted by molar-refractivity contribution is 5.94. The number of nitrogens with zero attached hydrogens (tertiary/aromatic N) is 2. The van der Waals surface area contributed by atoms with E-state index in [1.165, 1.54) is 36.3 Å². The average molecular weight is 489 g/mol. The Morgan fingerprint density at radius 2 is 1.80 bits per heavy atom. The van der Waals surface area contributed by atoms with Crippen molar-refractivity contribution in [2.45, 2.75) is 84.2 Å². The number of fused-ring (bicyclic) bond motifs is 7. The Labute approximate surface area is 205 Å². The number of hydrogen-bond donors (Lipinski definition) is 1. The van der Waals surface area contributed by atoms with E-state index < -0.39 is 6.36 Å². The molecule has 1 heterocycles. The minimum Gasteiger partial charge on any atom is -0.406 e. The summed E-state index contributed by atoms with van der Waals surface area (Å²) >= 11 is 0. The average Bonchev–Trinajstić information content (AvgIpc) is 3.27. The van der Waals surface area contributed by atoms with E-state index in [-0.39, 0.29) is 28.7 Å². The smallest absolute Gasteiger partial charge is 0.406 e. The molecule has 35 heavy (non-hydrogen) atoms. The summed E-state index contributed by atoms with van der Waals surface area (Å²) < 4.78 is 41.7. The van der Waals surface area contributed by atoms with Gasteiger partial charge in [-0.15, -0.1) is 13.2 Å². The lowest BCUT2D eigenvalue weighted by Gasteiger charge is -2.58. The second-order valence-electron chi connectivity index (χ2n) is 12.1. The Morgan fingerprint density at radius 1 is 1.06 bits per heavy atom. The predicted molar refractivity (Wildman–Crippen MR) is 129 cm³/mol. The first-order valence-electron chi connectivity index (χ1n) is 13.1. The number of alkyl halides is 3. The van der Waals surface area contributed by atoms with Gasteiger partial charge in [0.05, 0.1) is 17.8 Å². The van der Waals surface area contributed by atoms with Crippen LogP contribution in [0.5, 0.6) is 5.75 Å². The van der Waals surface area contributed by atoms with Gasteiger partial charge in [0, 0.05) is 11.6 Å². The number of allylic oxidation sites excluding steroid dienone is 1. The maximum Gasteiger partial charge on any atom is 0.573 e. The number of benzene rings is 1. The lowest BCUT2D eigenvalue weighted by Crippen LogP contribution is -2.52. The van der Waals surface area contributed by atoms with Gasteiger partial charge in [-0.2, -0.15) is 5.10 Å². The molecule has 0 radical (unpaired) electrons. The van der Waals surface area contributed by atoms with E-state index in [9.17, 15) is 18.3 Å². The molecule has 8 atom stereocenters. The molecule has 7 heteroatoms. The van der Waals surface area contributed by atoms with Gasteiger partial charge in [0.25, 0.3) is 0 Å². The second kappa shape index (κ2) is 7.74. The SMILES string of the molecule is C[C@H]1[C@H]2C(=NN1c1ccc(OC(F)(F)F)cc1)C[C@H]1[C@@H]3CC=C4C[C@@H](O)CC[C@]4(C)[C@H]3CC[C@]21C. The third-order valence-electron chi connectivity index (χ3n) is 10.5. The topological polar surface area (TPSA) is 45.1 Å². The molecule has 1 aliphatic heterocycles. The lowest BCUT2D eigenvalue weighted by molar-refractivity contribution is -0.274. The summed E-state index contributed by atoms with van der Waals surface area (Å²) in [5, 5.41) is 17.3. The molecule has 4 aliphatic carbocycles. The van der Waals surface area contributed by atoms with Gasteiger partial charge in [-0.05, 0) is 105 Å². The highest BCUT2D eigenvalue weighted by Gasteiger charge is 2.63. The molecule has 3 saturated carbocycles. The van der Waals surface area contributed by atoms with Crippen LogP contribution in [0.4, 0.5) is 18.9 Å². The third-order valence-corrected chi connectivity index (χ3v) is 10.5. The molecule has 0 saturated heterocycles. The van der Waals surface area contributed by atoms with Crippen LogP contribution in [0.2, 0.25) is 0 Å². The second-order valence-corrected chi connectivity index (χ2v) is 12.1. The zero-order valence-corrected chi connectivity index (χ0v) is 20.7. The Hall–Kier alpha value is -2.02. The van der Waals surface area contributed by atoms with Gasteiger partial charge in [0.2, 0.25) is 0 Å². The molecule has 3 fully saturated rings. The Bertz CT molecular complexity index is 1070. The molecule has 1 aromatic rings. The molecule has 5 aliphatic rings. The molecular formula is C28H35F3N2O2. The van der Waals surface area contributed by atoms with Crippen LogP contribution in [-0.2, 0) is 0 Å². The Balaban J connectivity index is 1.25. The third kappa shape index (κ3) is 3.55. The molecule has 6 rings (SSSR count). The number of halogens is 3. The number of rotatable bonds is 2. The van der Waals surface area contributed by atoms with Crippen LogP contribution < -0.4 is 9.75 Å². The zero-order chi connectivity index (χ0) is 24.8. The molecule has 0 amide bonds. The van der Waals surface area contributed by atoms with Crippen molar-refractivity contribution in [1.29, 1.82) is 0 Å². The molecule has 4 nitrogen and oxygen atoms in total. The molecule has 1 N–H and O–H groups in total. The normalized spacial score (nSPS) is 42.4. The quantitative estimate of drug-likeness (QED) is 0.471. The minimum atomic E-state index is -4.69. The van der Waals surface area contributed by atoms with E-state index in [2.05, 4.69) is 31.6 Å². The number of ether oxygens (including phenoxy) is 1.